The summed E-state index contributed by atoms with van der Waals surface area (Å²) in [6.07, 6.45) is 3.50. The van der Waals surface area contributed by atoms with E-state index in [1.807, 2.05) is 6.07 Å². The van der Waals surface area contributed by atoms with E-state index in [4.69, 9.17) is 0 Å². The summed E-state index contributed by atoms with van der Waals surface area (Å²) in [6.45, 7) is 4.15. The summed E-state index contributed by atoms with van der Waals surface area (Å²) in [5.74, 6) is 0.644. The molecule has 3 aromatic rings. The van der Waals surface area contributed by atoms with Crippen LogP contribution in [0.1, 0.15) is 11.1 Å². The van der Waals surface area contributed by atoms with Gasteiger partial charge in [0.1, 0.15) is 5.52 Å². The molecule has 0 saturated carbocycles. The molecule has 0 aliphatic heterocycles. The van der Waals surface area contributed by atoms with E-state index in [-0.39, 0.29) is 0 Å². The van der Waals surface area contributed by atoms with Crippen LogP contribution in [-0.2, 0) is 0 Å². The van der Waals surface area contributed by atoms with Gasteiger partial charge in [0.2, 0.25) is 0 Å². The van der Waals surface area contributed by atoms with Crippen LogP contribution in [0.4, 0.5) is 0 Å². The molecule has 0 atom stereocenters. The van der Waals surface area contributed by atoms with Gasteiger partial charge in [0.25, 0.3) is 5.78 Å². The van der Waals surface area contributed by atoms with Crippen molar-refractivity contribution in [3.8, 4) is 0 Å². The van der Waals surface area contributed by atoms with E-state index in [2.05, 4.69) is 35.0 Å². The van der Waals surface area contributed by atoms with E-state index < -0.39 is 0 Å². The van der Waals surface area contributed by atoms with Gasteiger partial charge >= 0.3 is 0 Å². The number of hydrogen-bond acceptors (Lipinski definition) is 3. The molecule has 0 bridgehead atoms. The predicted molar refractivity (Wildman–Crippen MR) is 57.8 cm³/mol. The molecule has 0 spiro atoms. The van der Waals surface area contributed by atoms with E-state index >= 15 is 0 Å². The lowest BCUT2D eigenvalue weighted by atomic mass is 10.1. The molecule has 0 saturated heterocycles. The summed E-state index contributed by atoms with van der Waals surface area (Å²) in [5.41, 5.74) is 4.27. The minimum absolute atomic E-state index is 0.644. The third-order valence-electron chi connectivity index (χ3n) is 2.63. The second-order valence-electron chi connectivity index (χ2n) is 3.71. The SMILES string of the molecule is Cc1cc2nc3nccn3nc2cc1C. The molecule has 0 fully saturated rings. The number of benzene rings is 1. The van der Waals surface area contributed by atoms with Crippen LogP contribution in [0.25, 0.3) is 16.8 Å². The fourth-order valence-electron chi connectivity index (χ4n) is 1.63. The van der Waals surface area contributed by atoms with E-state index in [1.54, 1.807) is 16.9 Å². The smallest absolute Gasteiger partial charge is 0.218 e. The molecule has 0 N–H and O–H groups in total. The van der Waals surface area contributed by atoms with Crippen molar-refractivity contribution < 1.29 is 0 Å². The Morgan fingerprint density at radius 3 is 2.60 bits per heavy atom. The molecular formula is C11H10N4. The third kappa shape index (κ3) is 1.18. The zero-order valence-corrected chi connectivity index (χ0v) is 8.60. The zero-order valence-electron chi connectivity index (χ0n) is 8.60. The molecule has 0 unspecified atom stereocenters. The van der Waals surface area contributed by atoms with Crippen molar-refractivity contribution in [3.63, 3.8) is 0 Å². The monoisotopic (exact) mass is 198 g/mol. The first kappa shape index (κ1) is 8.35. The van der Waals surface area contributed by atoms with Gasteiger partial charge in [-0.2, -0.15) is 5.10 Å². The second-order valence-corrected chi connectivity index (χ2v) is 3.71. The molecule has 0 radical (unpaired) electrons. The maximum Gasteiger partial charge on any atom is 0.251 e. The summed E-state index contributed by atoms with van der Waals surface area (Å²) in [7, 11) is 0. The van der Waals surface area contributed by atoms with Gasteiger partial charge < -0.3 is 0 Å². The normalized spacial score (nSPS) is 11.3. The summed E-state index contributed by atoms with van der Waals surface area (Å²) in [6, 6.07) is 4.10. The molecule has 2 heterocycles. The van der Waals surface area contributed by atoms with E-state index in [0.29, 0.717) is 5.78 Å². The minimum atomic E-state index is 0.644. The Labute approximate surface area is 86.6 Å². The molecule has 3 rings (SSSR count). The highest BCUT2D eigenvalue weighted by atomic mass is 15.3. The number of fused-ring (bicyclic) bond motifs is 2. The first-order chi connectivity index (χ1) is 7.24. The number of aryl methyl sites for hydroxylation is 2. The molecule has 0 aliphatic rings. The van der Waals surface area contributed by atoms with Gasteiger partial charge in [-0.25, -0.2) is 14.5 Å². The molecule has 4 nitrogen and oxygen atoms in total. The van der Waals surface area contributed by atoms with Gasteiger partial charge in [-0.15, -0.1) is 0 Å². The third-order valence-corrected chi connectivity index (χ3v) is 2.63. The Morgan fingerprint density at radius 2 is 1.80 bits per heavy atom. The van der Waals surface area contributed by atoms with E-state index in [9.17, 15) is 0 Å². The van der Waals surface area contributed by atoms with Gasteiger partial charge in [0, 0.05) is 6.20 Å². The van der Waals surface area contributed by atoms with Gasteiger partial charge in [0.15, 0.2) is 0 Å². The Morgan fingerprint density at radius 1 is 1.07 bits per heavy atom. The molecule has 1 aromatic carbocycles. The number of nitrogens with zero attached hydrogens (tertiary/aromatic N) is 4. The average Bonchev–Trinajstić information content (AvgIpc) is 2.63. The van der Waals surface area contributed by atoms with Crippen LogP contribution in [0.3, 0.4) is 0 Å². The van der Waals surface area contributed by atoms with Crippen LogP contribution in [0, 0.1) is 13.8 Å². The molecule has 2 aromatic heterocycles. The minimum Gasteiger partial charge on any atom is -0.218 e. The average molecular weight is 198 g/mol. The number of imidazole rings is 1. The molecule has 15 heavy (non-hydrogen) atoms. The Bertz CT molecular complexity index is 599. The molecular weight excluding hydrogens is 188 g/mol. The van der Waals surface area contributed by atoms with Crippen molar-refractivity contribution in [2.24, 2.45) is 0 Å². The van der Waals surface area contributed by atoms with Crippen LogP contribution in [0.2, 0.25) is 0 Å². The molecule has 0 amide bonds. The van der Waals surface area contributed by atoms with Gasteiger partial charge in [-0.05, 0) is 37.1 Å². The van der Waals surface area contributed by atoms with Gasteiger partial charge in [-0.3, -0.25) is 0 Å². The first-order valence-electron chi connectivity index (χ1n) is 4.82. The quantitative estimate of drug-likeness (QED) is 0.554. The fourth-order valence-corrected chi connectivity index (χ4v) is 1.63. The standard InChI is InChI=1S/C11H10N4/c1-7-5-9-10(6-8(7)2)14-15-4-3-12-11(15)13-9/h3-6H,1-2H3. The highest BCUT2D eigenvalue weighted by molar-refractivity contribution is 5.76. The lowest BCUT2D eigenvalue weighted by Gasteiger charge is -2.02. The molecule has 0 aliphatic carbocycles. The van der Waals surface area contributed by atoms with E-state index in [1.165, 1.54) is 11.1 Å². The Balaban J connectivity index is 2.49. The molecule has 4 heteroatoms. The maximum atomic E-state index is 4.43. The summed E-state index contributed by atoms with van der Waals surface area (Å²) in [5, 5.41) is 4.43. The zero-order chi connectivity index (χ0) is 10.4. The largest absolute Gasteiger partial charge is 0.251 e. The van der Waals surface area contributed by atoms with Crippen LogP contribution in [0.5, 0.6) is 0 Å². The lowest BCUT2D eigenvalue weighted by Crippen LogP contribution is -1.96. The fraction of sp³-hybridized carbons (Fsp3) is 0.182. The van der Waals surface area contributed by atoms with Crippen molar-refractivity contribution in [2.45, 2.75) is 13.8 Å². The summed E-state index contributed by atoms with van der Waals surface area (Å²) >= 11 is 0. The molecule has 74 valence electrons. The number of hydrogen-bond donors (Lipinski definition) is 0. The maximum absolute atomic E-state index is 4.43. The second kappa shape index (κ2) is 2.76. The van der Waals surface area contributed by atoms with Crippen molar-refractivity contribution >= 4 is 16.8 Å². The summed E-state index contributed by atoms with van der Waals surface area (Å²) < 4.78 is 1.69. The van der Waals surface area contributed by atoms with Crippen LogP contribution in [0.15, 0.2) is 24.5 Å². The number of rotatable bonds is 0. The highest BCUT2D eigenvalue weighted by Crippen LogP contribution is 2.15. The summed E-state index contributed by atoms with van der Waals surface area (Å²) in [4.78, 5) is 8.54. The van der Waals surface area contributed by atoms with Crippen molar-refractivity contribution in [2.75, 3.05) is 0 Å². The number of aromatic nitrogens is 4. The van der Waals surface area contributed by atoms with Gasteiger partial charge in [-0.1, -0.05) is 0 Å². The lowest BCUT2D eigenvalue weighted by molar-refractivity contribution is 0.941. The topological polar surface area (TPSA) is 43.1 Å². The Hall–Kier alpha value is -1.97. The van der Waals surface area contributed by atoms with E-state index in [0.717, 1.165) is 11.0 Å². The highest BCUT2D eigenvalue weighted by Gasteiger charge is 2.03. The first-order valence-corrected chi connectivity index (χ1v) is 4.82. The van der Waals surface area contributed by atoms with Crippen LogP contribution >= 0.6 is 0 Å². The van der Waals surface area contributed by atoms with Crippen LogP contribution in [-0.4, -0.2) is 19.6 Å². The van der Waals surface area contributed by atoms with Crippen molar-refractivity contribution in [1.29, 1.82) is 0 Å². The Kier molecular flexibility index (Phi) is 1.54. The van der Waals surface area contributed by atoms with Crippen molar-refractivity contribution in [1.82, 2.24) is 19.6 Å². The van der Waals surface area contributed by atoms with Crippen molar-refractivity contribution in [3.05, 3.63) is 35.7 Å². The predicted octanol–water partition coefficient (Wildman–Crippen LogP) is 1.89. The van der Waals surface area contributed by atoms with Crippen LogP contribution < -0.4 is 0 Å². The van der Waals surface area contributed by atoms with Gasteiger partial charge in [0.05, 0.1) is 11.7 Å².